The van der Waals surface area contributed by atoms with Gasteiger partial charge in [-0.25, -0.2) is 4.39 Å². The maximum atomic E-state index is 13.6. The lowest BCUT2D eigenvalue weighted by Gasteiger charge is -2.02. The van der Waals surface area contributed by atoms with E-state index in [1.807, 2.05) is 0 Å². The standard InChI is InChI=1S/C15H8Cl3FO/c16-9-4-6-13(18)11(8-9)15(20)7-5-10-12(17)2-1-3-14(10)19/h1-8H. The second-order valence-electron chi connectivity index (χ2n) is 3.96. The van der Waals surface area contributed by atoms with Crippen molar-refractivity contribution < 1.29 is 9.18 Å². The van der Waals surface area contributed by atoms with Crippen molar-refractivity contribution in [2.24, 2.45) is 0 Å². The molecule has 102 valence electrons. The number of carbonyl (C=O) groups is 1. The van der Waals surface area contributed by atoms with Gasteiger partial charge in [0, 0.05) is 16.1 Å². The van der Waals surface area contributed by atoms with Gasteiger partial charge in [-0.3, -0.25) is 4.79 Å². The largest absolute Gasteiger partial charge is 0.289 e. The van der Waals surface area contributed by atoms with Crippen molar-refractivity contribution in [3.05, 3.63) is 74.5 Å². The van der Waals surface area contributed by atoms with Gasteiger partial charge in [-0.05, 0) is 42.5 Å². The molecule has 0 amide bonds. The lowest BCUT2D eigenvalue weighted by atomic mass is 10.1. The molecule has 0 unspecified atom stereocenters. The Morgan fingerprint density at radius 2 is 1.80 bits per heavy atom. The van der Waals surface area contributed by atoms with Gasteiger partial charge in [0.15, 0.2) is 5.78 Å². The van der Waals surface area contributed by atoms with E-state index >= 15 is 0 Å². The molecule has 0 radical (unpaired) electrons. The molecule has 0 fully saturated rings. The van der Waals surface area contributed by atoms with Crippen LogP contribution in [0, 0.1) is 5.82 Å². The number of allylic oxidation sites excluding steroid dienone is 1. The smallest absolute Gasteiger partial charge is 0.187 e. The topological polar surface area (TPSA) is 17.1 Å². The third-order valence-electron chi connectivity index (χ3n) is 2.59. The van der Waals surface area contributed by atoms with Crippen LogP contribution in [0.5, 0.6) is 0 Å². The maximum absolute atomic E-state index is 13.6. The molecule has 2 rings (SSSR count). The highest BCUT2D eigenvalue weighted by Gasteiger charge is 2.09. The van der Waals surface area contributed by atoms with Crippen LogP contribution in [0.2, 0.25) is 15.1 Å². The zero-order valence-corrected chi connectivity index (χ0v) is 12.3. The van der Waals surface area contributed by atoms with Crippen LogP contribution in [0.15, 0.2) is 42.5 Å². The second-order valence-corrected chi connectivity index (χ2v) is 5.21. The summed E-state index contributed by atoms with van der Waals surface area (Å²) in [5.41, 5.74) is 0.406. The fourth-order valence-electron chi connectivity index (χ4n) is 1.61. The minimum absolute atomic E-state index is 0.153. The van der Waals surface area contributed by atoms with Crippen molar-refractivity contribution in [1.29, 1.82) is 0 Å². The third-order valence-corrected chi connectivity index (χ3v) is 3.49. The highest BCUT2D eigenvalue weighted by Crippen LogP contribution is 2.23. The number of ketones is 1. The average molecular weight is 330 g/mol. The van der Waals surface area contributed by atoms with Crippen LogP contribution < -0.4 is 0 Å². The molecule has 20 heavy (non-hydrogen) atoms. The van der Waals surface area contributed by atoms with Crippen molar-refractivity contribution in [3.63, 3.8) is 0 Å². The number of halogens is 4. The molecule has 0 atom stereocenters. The van der Waals surface area contributed by atoms with Crippen molar-refractivity contribution in [3.8, 4) is 0 Å². The molecule has 0 N–H and O–H groups in total. The van der Waals surface area contributed by atoms with Crippen LogP contribution in [0.4, 0.5) is 4.39 Å². The van der Waals surface area contributed by atoms with Crippen LogP contribution >= 0.6 is 34.8 Å². The molecule has 0 spiro atoms. The van der Waals surface area contributed by atoms with Crippen LogP contribution in [-0.2, 0) is 0 Å². The predicted molar refractivity (Wildman–Crippen MR) is 81.2 cm³/mol. The Balaban J connectivity index is 2.32. The Morgan fingerprint density at radius 3 is 2.50 bits per heavy atom. The highest BCUT2D eigenvalue weighted by molar-refractivity contribution is 6.36. The monoisotopic (exact) mass is 328 g/mol. The quantitative estimate of drug-likeness (QED) is 0.523. The van der Waals surface area contributed by atoms with Gasteiger partial charge in [0.05, 0.1) is 10.0 Å². The number of rotatable bonds is 3. The van der Waals surface area contributed by atoms with E-state index in [4.69, 9.17) is 34.8 Å². The van der Waals surface area contributed by atoms with Crippen molar-refractivity contribution >= 4 is 46.7 Å². The molecule has 2 aromatic rings. The molecule has 0 saturated carbocycles. The molecule has 0 bridgehead atoms. The zero-order valence-electron chi connectivity index (χ0n) is 10.0. The number of carbonyl (C=O) groups excluding carboxylic acids is 1. The first-order chi connectivity index (χ1) is 9.49. The lowest BCUT2D eigenvalue weighted by Crippen LogP contribution is -1.96. The Labute approximate surface area is 130 Å². The van der Waals surface area contributed by atoms with E-state index in [2.05, 4.69) is 0 Å². The van der Waals surface area contributed by atoms with Gasteiger partial charge in [-0.15, -0.1) is 0 Å². The first-order valence-corrected chi connectivity index (χ1v) is 6.74. The number of hydrogen-bond acceptors (Lipinski definition) is 1. The Morgan fingerprint density at radius 1 is 1.05 bits per heavy atom. The maximum Gasteiger partial charge on any atom is 0.187 e. The van der Waals surface area contributed by atoms with Gasteiger partial charge in [0.1, 0.15) is 5.82 Å². The van der Waals surface area contributed by atoms with Gasteiger partial charge < -0.3 is 0 Å². The van der Waals surface area contributed by atoms with Gasteiger partial charge >= 0.3 is 0 Å². The summed E-state index contributed by atoms with van der Waals surface area (Å²) in [6.07, 6.45) is 2.53. The van der Waals surface area contributed by atoms with Crippen LogP contribution in [0.3, 0.4) is 0 Å². The molecular weight excluding hydrogens is 322 g/mol. The van der Waals surface area contributed by atoms with Crippen molar-refractivity contribution in [1.82, 2.24) is 0 Å². The summed E-state index contributed by atoms with van der Waals surface area (Å²) in [7, 11) is 0. The van der Waals surface area contributed by atoms with Crippen LogP contribution in [0.25, 0.3) is 6.08 Å². The molecule has 0 aliphatic heterocycles. The fraction of sp³-hybridized carbons (Fsp3) is 0. The first-order valence-electron chi connectivity index (χ1n) is 5.60. The summed E-state index contributed by atoms with van der Waals surface area (Å²) < 4.78 is 13.6. The van der Waals surface area contributed by atoms with E-state index in [9.17, 15) is 9.18 Å². The summed E-state index contributed by atoms with van der Waals surface area (Å²) in [4.78, 5) is 12.0. The number of hydrogen-bond donors (Lipinski definition) is 0. The third kappa shape index (κ3) is 3.40. The molecule has 0 aliphatic rings. The van der Waals surface area contributed by atoms with Crippen LogP contribution in [-0.4, -0.2) is 5.78 Å². The second kappa shape index (κ2) is 6.40. The van der Waals surface area contributed by atoms with E-state index in [1.54, 1.807) is 12.1 Å². The molecule has 5 heteroatoms. The lowest BCUT2D eigenvalue weighted by molar-refractivity contribution is 0.104. The average Bonchev–Trinajstić information content (AvgIpc) is 2.40. The van der Waals surface area contributed by atoms with Gasteiger partial charge in [0.2, 0.25) is 0 Å². The van der Waals surface area contributed by atoms with E-state index in [-0.39, 0.29) is 27.0 Å². The summed E-state index contributed by atoms with van der Waals surface area (Å²) in [6.45, 7) is 0. The molecule has 1 nitrogen and oxygen atoms in total. The molecule has 0 aromatic heterocycles. The van der Waals surface area contributed by atoms with Crippen LogP contribution in [0.1, 0.15) is 15.9 Å². The van der Waals surface area contributed by atoms with Gasteiger partial charge in [-0.1, -0.05) is 40.9 Å². The Kier molecular flexibility index (Phi) is 4.81. The molecule has 2 aromatic carbocycles. The molecule has 0 heterocycles. The van der Waals surface area contributed by atoms with Gasteiger partial charge in [0.25, 0.3) is 0 Å². The van der Waals surface area contributed by atoms with Crippen molar-refractivity contribution in [2.75, 3.05) is 0 Å². The van der Waals surface area contributed by atoms with Crippen molar-refractivity contribution in [2.45, 2.75) is 0 Å². The summed E-state index contributed by atoms with van der Waals surface area (Å²) in [5, 5.41) is 0.907. The summed E-state index contributed by atoms with van der Waals surface area (Å²) in [5.74, 6) is -0.879. The Bertz CT molecular complexity index is 675. The molecule has 0 saturated heterocycles. The minimum Gasteiger partial charge on any atom is -0.289 e. The zero-order chi connectivity index (χ0) is 14.7. The van der Waals surface area contributed by atoms with Gasteiger partial charge in [-0.2, -0.15) is 0 Å². The first kappa shape index (κ1) is 15.0. The van der Waals surface area contributed by atoms with E-state index < -0.39 is 5.82 Å². The normalized spacial score (nSPS) is 11.0. The SMILES string of the molecule is O=C(C=Cc1c(F)cccc1Cl)c1cc(Cl)ccc1Cl. The fourth-order valence-corrected chi connectivity index (χ4v) is 2.21. The molecular formula is C15H8Cl3FO. The predicted octanol–water partition coefficient (Wildman–Crippen LogP) is 5.68. The van der Waals surface area contributed by atoms with E-state index in [1.165, 1.54) is 36.4 Å². The minimum atomic E-state index is -0.501. The number of benzene rings is 2. The summed E-state index contributed by atoms with van der Waals surface area (Å²) >= 11 is 17.6. The Hall–Kier alpha value is -1.35. The summed E-state index contributed by atoms with van der Waals surface area (Å²) in [6, 6.07) is 8.87. The highest BCUT2D eigenvalue weighted by atomic mass is 35.5. The van der Waals surface area contributed by atoms with E-state index in [0.29, 0.717) is 5.02 Å². The molecule has 0 aliphatic carbocycles. The van der Waals surface area contributed by atoms with E-state index in [0.717, 1.165) is 0 Å².